The Bertz CT molecular complexity index is 399. The van der Waals surface area contributed by atoms with Gasteiger partial charge in [0, 0.05) is 11.1 Å². The molecule has 2 rings (SSSR count). The van der Waals surface area contributed by atoms with Crippen molar-refractivity contribution in [2.45, 2.75) is 18.4 Å². The molecule has 0 spiro atoms. The van der Waals surface area contributed by atoms with Crippen molar-refractivity contribution >= 4 is 23.6 Å². The summed E-state index contributed by atoms with van der Waals surface area (Å²) in [6, 6.07) is 0. The van der Waals surface area contributed by atoms with E-state index in [9.17, 15) is 19.8 Å². The standard InChI is InChI=1S/C9H11NO5S.Na/c1-4(12)9(8(14)15)6(13)10-2-5(3-11)16-7(9)10;/h2,4,7,11-12H,3H2,1H3,(H,14,15);/q;+1/p-1/t4-,7-,9-;/m1./s1. The van der Waals surface area contributed by atoms with Crippen molar-refractivity contribution in [3.63, 3.8) is 0 Å². The zero-order valence-electron chi connectivity index (χ0n) is 9.41. The quantitative estimate of drug-likeness (QED) is 0.301. The smallest absolute Gasteiger partial charge is 0.549 e. The summed E-state index contributed by atoms with van der Waals surface area (Å²) < 4.78 is 0. The molecule has 8 heteroatoms. The number of fused-ring (bicyclic) bond motifs is 1. The van der Waals surface area contributed by atoms with Crippen LogP contribution in [0.4, 0.5) is 0 Å². The van der Waals surface area contributed by atoms with Gasteiger partial charge in [-0.05, 0) is 6.92 Å². The van der Waals surface area contributed by atoms with E-state index >= 15 is 0 Å². The van der Waals surface area contributed by atoms with Crippen LogP contribution in [0.3, 0.4) is 0 Å². The van der Waals surface area contributed by atoms with Gasteiger partial charge in [0.05, 0.1) is 18.7 Å². The normalized spacial score (nSPS) is 32.2. The number of aliphatic hydroxyl groups excluding tert-OH is 2. The van der Waals surface area contributed by atoms with Crippen molar-refractivity contribution in [3.05, 3.63) is 11.1 Å². The molecular formula is C9H10NNaO5S. The number of nitrogens with zero attached hydrogens (tertiary/aromatic N) is 1. The van der Waals surface area contributed by atoms with Gasteiger partial charge in [-0.2, -0.15) is 0 Å². The summed E-state index contributed by atoms with van der Waals surface area (Å²) in [6.45, 7) is 0.996. The average molecular weight is 267 g/mol. The number of carbonyl (C=O) groups excluding carboxylic acids is 2. The predicted octanol–water partition coefficient (Wildman–Crippen LogP) is -5.14. The van der Waals surface area contributed by atoms with Gasteiger partial charge in [-0.1, -0.05) is 11.8 Å². The van der Waals surface area contributed by atoms with Gasteiger partial charge in [0.2, 0.25) is 5.91 Å². The van der Waals surface area contributed by atoms with E-state index in [4.69, 9.17) is 5.11 Å². The number of β-lactam (4-membered cyclic amide) rings is 1. The maximum atomic E-state index is 11.7. The molecule has 2 heterocycles. The fraction of sp³-hybridized carbons (Fsp3) is 0.556. The van der Waals surface area contributed by atoms with Crippen LogP contribution in [0.5, 0.6) is 0 Å². The van der Waals surface area contributed by atoms with E-state index < -0.39 is 28.8 Å². The number of hydrogen-bond acceptors (Lipinski definition) is 6. The van der Waals surface area contributed by atoms with Gasteiger partial charge in [0.25, 0.3) is 0 Å². The Labute approximate surface area is 124 Å². The van der Waals surface area contributed by atoms with Gasteiger partial charge in [-0.15, -0.1) is 0 Å². The van der Waals surface area contributed by atoms with Gasteiger partial charge in [0.1, 0.15) is 10.8 Å². The van der Waals surface area contributed by atoms with Crippen molar-refractivity contribution in [2.24, 2.45) is 5.41 Å². The Hall–Kier alpha value is -0.0500. The molecule has 17 heavy (non-hydrogen) atoms. The topological polar surface area (TPSA) is 101 Å². The monoisotopic (exact) mass is 267 g/mol. The minimum Gasteiger partial charge on any atom is -0.549 e. The van der Waals surface area contributed by atoms with E-state index in [0.717, 1.165) is 11.8 Å². The molecule has 0 aromatic rings. The van der Waals surface area contributed by atoms with Crippen LogP contribution in [-0.4, -0.2) is 45.1 Å². The van der Waals surface area contributed by atoms with Crippen LogP contribution in [0.15, 0.2) is 11.1 Å². The second kappa shape index (κ2) is 4.91. The second-order valence-electron chi connectivity index (χ2n) is 3.77. The number of aliphatic hydroxyl groups is 2. The Kier molecular flexibility index (Phi) is 4.33. The van der Waals surface area contributed by atoms with Gasteiger partial charge < -0.3 is 25.0 Å². The first-order chi connectivity index (χ1) is 7.46. The first-order valence-corrected chi connectivity index (χ1v) is 5.54. The van der Waals surface area contributed by atoms with E-state index in [1.54, 1.807) is 0 Å². The minimum atomic E-state index is -1.89. The third-order valence-electron chi connectivity index (χ3n) is 2.93. The van der Waals surface area contributed by atoms with Crippen LogP contribution < -0.4 is 34.7 Å². The third-order valence-corrected chi connectivity index (χ3v) is 4.29. The predicted molar refractivity (Wildman–Crippen MR) is 52.5 cm³/mol. The number of amides is 1. The van der Waals surface area contributed by atoms with E-state index in [0.29, 0.717) is 4.91 Å². The van der Waals surface area contributed by atoms with Crippen LogP contribution in [0.1, 0.15) is 6.92 Å². The number of carboxylic acids is 1. The molecule has 2 N–H and O–H groups in total. The molecule has 0 bridgehead atoms. The molecule has 0 radical (unpaired) electrons. The second-order valence-corrected chi connectivity index (χ2v) is 4.98. The molecular weight excluding hydrogens is 257 g/mol. The summed E-state index contributed by atoms with van der Waals surface area (Å²) in [6.07, 6.45) is 0.0755. The summed E-state index contributed by atoms with van der Waals surface area (Å²) in [5.74, 6) is -2.27. The van der Waals surface area contributed by atoms with Crippen molar-refractivity contribution < 1.29 is 54.5 Å². The molecule has 1 amide bonds. The largest absolute Gasteiger partial charge is 1.00 e. The minimum absolute atomic E-state index is 0. The molecule has 88 valence electrons. The first kappa shape index (κ1) is 15.0. The molecule has 6 nitrogen and oxygen atoms in total. The maximum Gasteiger partial charge on any atom is 1.00 e. The SMILES string of the molecule is C[C@@H](O)[C@@]1(C(=O)[O-])C(=O)N2C=C(CO)S[C@@H]21.[Na+]. The number of carbonyl (C=O) groups is 2. The average Bonchev–Trinajstić information content (AvgIpc) is 2.57. The Balaban J connectivity index is 0.00000144. The van der Waals surface area contributed by atoms with Gasteiger partial charge in [-0.25, -0.2) is 0 Å². The number of carboxylic acid groups (broad SMARTS) is 1. The molecule has 1 saturated heterocycles. The Morgan fingerprint density at radius 3 is 2.76 bits per heavy atom. The van der Waals surface area contributed by atoms with Crippen molar-refractivity contribution in [1.29, 1.82) is 0 Å². The summed E-state index contributed by atoms with van der Waals surface area (Å²) in [4.78, 5) is 24.5. The fourth-order valence-corrected chi connectivity index (χ4v) is 3.39. The van der Waals surface area contributed by atoms with Crippen LogP contribution in [0, 0.1) is 5.41 Å². The number of rotatable bonds is 3. The van der Waals surface area contributed by atoms with E-state index in [2.05, 4.69) is 0 Å². The summed E-state index contributed by atoms with van der Waals surface area (Å²) in [5, 5.41) is 28.8. The molecule has 0 unspecified atom stereocenters. The molecule has 0 saturated carbocycles. The van der Waals surface area contributed by atoms with Crippen molar-refractivity contribution in [2.75, 3.05) is 6.61 Å². The Morgan fingerprint density at radius 1 is 1.76 bits per heavy atom. The third kappa shape index (κ3) is 1.76. The van der Waals surface area contributed by atoms with Crippen molar-refractivity contribution in [1.82, 2.24) is 4.90 Å². The van der Waals surface area contributed by atoms with Crippen LogP contribution in [0.2, 0.25) is 0 Å². The maximum absolute atomic E-state index is 11.7. The molecule has 2 aliphatic heterocycles. The van der Waals surface area contributed by atoms with Crippen LogP contribution in [-0.2, 0) is 9.59 Å². The summed E-state index contributed by atoms with van der Waals surface area (Å²) in [5.41, 5.74) is -1.89. The zero-order valence-corrected chi connectivity index (χ0v) is 12.2. The molecule has 0 aliphatic carbocycles. The number of thioether (sulfide) groups is 1. The van der Waals surface area contributed by atoms with Gasteiger partial charge >= 0.3 is 29.6 Å². The van der Waals surface area contributed by atoms with E-state index in [-0.39, 0.29) is 36.2 Å². The van der Waals surface area contributed by atoms with Crippen LogP contribution in [0.25, 0.3) is 0 Å². The van der Waals surface area contributed by atoms with Crippen molar-refractivity contribution in [3.8, 4) is 0 Å². The van der Waals surface area contributed by atoms with Gasteiger partial charge in [0.15, 0.2) is 0 Å². The van der Waals surface area contributed by atoms with E-state index in [1.165, 1.54) is 18.0 Å². The number of hydrogen-bond donors (Lipinski definition) is 2. The summed E-state index contributed by atoms with van der Waals surface area (Å²) in [7, 11) is 0. The molecule has 0 aromatic carbocycles. The molecule has 1 fully saturated rings. The molecule has 0 aromatic heterocycles. The molecule has 2 aliphatic rings. The summed E-state index contributed by atoms with van der Waals surface area (Å²) >= 11 is 1.06. The fourth-order valence-electron chi connectivity index (χ4n) is 2.01. The van der Waals surface area contributed by atoms with Crippen LogP contribution >= 0.6 is 11.8 Å². The zero-order chi connectivity index (χ0) is 12.1. The Morgan fingerprint density at radius 2 is 2.35 bits per heavy atom. The van der Waals surface area contributed by atoms with E-state index in [1.807, 2.05) is 0 Å². The van der Waals surface area contributed by atoms with Gasteiger partial charge in [-0.3, -0.25) is 4.79 Å². The first-order valence-electron chi connectivity index (χ1n) is 4.66. The molecule has 3 atom stereocenters. The number of aliphatic carboxylic acids is 1.